The second-order valence-electron chi connectivity index (χ2n) is 8.01. The molecule has 4 N–H and O–H groups in total. The van der Waals surface area contributed by atoms with Crippen molar-refractivity contribution in [3.8, 4) is 0 Å². The van der Waals surface area contributed by atoms with E-state index in [0.717, 1.165) is 39.2 Å². The van der Waals surface area contributed by atoms with Crippen LogP contribution in [0.2, 0.25) is 0 Å². The molecule has 160 valence electrons. The van der Waals surface area contributed by atoms with Crippen LogP contribution in [0.15, 0.2) is 66.7 Å². The quantitative estimate of drug-likeness (QED) is 0.548. The van der Waals surface area contributed by atoms with Gasteiger partial charge in [0.25, 0.3) is 11.8 Å². The molecule has 0 fully saturated rings. The van der Waals surface area contributed by atoms with Crippen molar-refractivity contribution in [2.45, 2.75) is 33.7 Å². The molecule has 31 heavy (non-hydrogen) atoms. The monoisotopic (exact) mass is 416 g/mol. The van der Waals surface area contributed by atoms with Gasteiger partial charge in [-0.15, -0.1) is 0 Å². The van der Waals surface area contributed by atoms with Crippen LogP contribution in [0.4, 0.5) is 11.4 Å². The minimum atomic E-state index is -0.534. The zero-order valence-electron chi connectivity index (χ0n) is 18.5. The first-order chi connectivity index (χ1) is 14.8. The number of benzene rings is 3. The predicted molar refractivity (Wildman–Crippen MR) is 125 cm³/mol. The fraction of sp³-hybridized carbons (Fsp3) is 0.231. The van der Waals surface area contributed by atoms with E-state index in [-0.39, 0.29) is 18.4 Å². The van der Waals surface area contributed by atoms with E-state index < -0.39 is 6.04 Å². The summed E-state index contributed by atoms with van der Waals surface area (Å²) in [5.41, 5.74) is 6.77. The van der Waals surface area contributed by atoms with Gasteiger partial charge in [0, 0.05) is 16.9 Å². The third kappa shape index (κ3) is 6.03. The summed E-state index contributed by atoms with van der Waals surface area (Å²) in [6.07, 6.45) is 0. The maximum absolute atomic E-state index is 13.0. The molecule has 0 saturated heterocycles. The second kappa shape index (κ2) is 10.0. The van der Waals surface area contributed by atoms with Crippen LogP contribution in [0.1, 0.15) is 33.9 Å². The molecule has 5 heteroatoms. The van der Waals surface area contributed by atoms with Gasteiger partial charge in [0.05, 0.1) is 0 Å². The first-order valence-corrected chi connectivity index (χ1v) is 10.5. The van der Waals surface area contributed by atoms with Gasteiger partial charge in [0.15, 0.2) is 12.6 Å². The summed E-state index contributed by atoms with van der Waals surface area (Å²) >= 11 is 0. The number of hydrogen-bond donors (Lipinski definition) is 3. The van der Waals surface area contributed by atoms with E-state index in [0.29, 0.717) is 0 Å². The Bertz CT molecular complexity index is 1040. The van der Waals surface area contributed by atoms with Crippen molar-refractivity contribution in [3.05, 3.63) is 94.5 Å². The highest BCUT2D eigenvalue weighted by Crippen LogP contribution is 2.21. The number of carbonyl (C=O) groups excluding carboxylic acids is 2. The average Bonchev–Trinajstić information content (AvgIpc) is 2.73. The van der Waals surface area contributed by atoms with Crippen molar-refractivity contribution in [3.63, 3.8) is 0 Å². The molecule has 5 nitrogen and oxygen atoms in total. The summed E-state index contributed by atoms with van der Waals surface area (Å²) in [5, 5.41) is 7.74. The average molecular weight is 417 g/mol. The van der Waals surface area contributed by atoms with Gasteiger partial charge >= 0.3 is 0 Å². The molecule has 1 atom stereocenters. The van der Waals surface area contributed by atoms with Gasteiger partial charge in [-0.2, -0.15) is 0 Å². The van der Waals surface area contributed by atoms with Crippen LogP contribution in [0.3, 0.4) is 0 Å². The Morgan fingerprint density at radius 1 is 0.806 bits per heavy atom. The minimum Gasteiger partial charge on any atom is -0.324 e. The standard InChI is InChI=1S/C26H29N3O2/c1-17-10-12-22(13-11-17)28-26(31)25(21-8-6-5-7-9-21)27-16-23(30)29-24-19(3)14-18(2)15-20(24)4/h5-15,25,27H,16H2,1-4H3,(H,28,31)(H,29,30)/p+1/t25-/m0/s1. The van der Waals surface area contributed by atoms with Crippen LogP contribution in [-0.2, 0) is 9.59 Å². The molecule has 0 aromatic heterocycles. The lowest BCUT2D eigenvalue weighted by Crippen LogP contribution is -2.89. The SMILES string of the molecule is Cc1ccc(NC(=O)[C@@H]([NH2+]CC(=O)Nc2c(C)cc(C)cc2C)c2ccccc2)cc1. The molecule has 0 radical (unpaired) electrons. The highest BCUT2D eigenvalue weighted by molar-refractivity contribution is 5.95. The summed E-state index contributed by atoms with van der Waals surface area (Å²) in [6.45, 7) is 8.15. The third-order valence-corrected chi connectivity index (χ3v) is 5.24. The first-order valence-electron chi connectivity index (χ1n) is 10.5. The number of anilines is 2. The van der Waals surface area contributed by atoms with Crippen molar-refractivity contribution >= 4 is 23.2 Å². The Kier molecular flexibility index (Phi) is 7.21. The number of hydrogen-bond acceptors (Lipinski definition) is 2. The van der Waals surface area contributed by atoms with E-state index in [1.54, 1.807) is 5.32 Å². The highest BCUT2D eigenvalue weighted by atomic mass is 16.2. The number of rotatable bonds is 7. The zero-order valence-corrected chi connectivity index (χ0v) is 18.5. The van der Waals surface area contributed by atoms with Crippen molar-refractivity contribution in [2.24, 2.45) is 0 Å². The Morgan fingerprint density at radius 3 is 2.03 bits per heavy atom. The lowest BCUT2D eigenvalue weighted by Gasteiger charge is -2.17. The van der Waals surface area contributed by atoms with Crippen LogP contribution < -0.4 is 16.0 Å². The lowest BCUT2D eigenvalue weighted by molar-refractivity contribution is -0.671. The Hall–Kier alpha value is -3.44. The predicted octanol–water partition coefficient (Wildman–Crippen LogP) is 3.80. The number of quaternary nitrogens is 1. The first kappa shape index (κ1) is 22.2. The van der Waals surface area contributed by atoms with Gasteiger partial charge in [0.1, 0.15) is 0 Å². The molecule has 0 spiro atoms. The van der Waals surface area contributed by atoms with Crippen molar-refractivity contribution in [1.29, 1.82) is 0 Å². The lowest BCUT2D eigenvalue weighted by atomic mass is 10.0. The fourth-order valence-corrected chi connectivity index (χ4v) is 3.70. The molecule has 3 aromatic carbocycles. The smallest absolute Gasteiger partial charge is 0.287 e. The molecule has 3 aromatic rings. The molecule has 0 aliphatic carbocycles. The molecule has 0 unspecified atom stereocenters. The largest absolute Gasteiger partial charge is 0.324 e. The maximum Gasteiger partial charge on any atom is 0.287 e. The summed E-state index contributed by atoms with van der Waals surface area (Å²) in [5.74, 6) is -0.301. The highest BCUT2D eigenvalue weighted by Gasteiger charge is 2.25. The van der Waals surface area contributed by atoms with E-state index in [4.69, 9.17) is 0 Å². The minimum absolute atomic E-state index is 0.133. The molecule has 2 amide bonds. The number of nitrogens with two attached hydrogens (primary N) is 1. The van der Waals surface area contributed by atoms with Gasteiger partial charge in [-0.05, 0) is 51.0 Å². The molecule has 0 aliphatic heterocycles. The number of aryl methyl sites for hydroxylation is 4. The van der Waals surface area contributed by atoms with E-state index in [9.17, 15) is 9.59 Å². The summed E-state index contributed by atoms with van der Waals surface area (Å²) in [7, 11) is 0. The molecule has 0 bridgehead atoms. The van der Waals surface area contributed by atoms with Gasteiger partial charge in [0.2, 0.25) is 0 Å². The normalized spacial score (nSPS) is 11.6. The second-order valence-corrected chi connectivity index (χ2v) is 8.01. The molecular formula is C26H30N3O2+. The number of amides is 2. The zero-order chi connectivity index (χ0) is 22.4. The molecule has 0 heterocycles. The Morgan fingerprint density at radius 2 is 1.42 bits per heavy atom. The van der Waals surface area contributed by atoms with E-state index in [1.807, 2.05) is 94.4 Å². The van der Waals surface area contributed by atoms with Crippen LogP contribution >= 0.6 is 0 Å². The third-order valence-electron chi connectivity index (χ3n) is 5.24. The number of nitrogens with one attached hydrogen (secondary N) is 2. The van der Waals surface area contributed by atoms with Crippen LogP contribution in [0.5, 0.6) is 0 Å². The van der Waals surface area contributed by atoms with Crippen molar-refractivity contribution in [1.82, 2.24) is 0 Å². The topological polar surface area (TPSA) is 74.8 Å². The Labute approximate surface area is 183 Å². The van der Waals surface area contributed by atoms with Crippen molar-refractivity contribution in [2.75, 3.05) is 17.2 Å². The number of carbonyl (C=O) groups is 2. The molecule has 0 aliphatic rings. The van der Waals surface area contributed by atoms with Gasteiger partial charge in [-0.25, -0.2) is 0 Å². The van der Waals surface area contributed by atoms with Crippen LogP contribution in [0, 0.1) is 27.7 Å². The Balaban J connectivity index is 1.71. The van der Waals surface area contributed by atoms with Gasteiger partial charge in [-0.3, -0.25) is 9.59 Å². The van der Waals surface area contributed by atoms with Crippen LogP contribution in [-0.4, -0.2) is 18.4 Å². The molecule has 0 saturated carbocycles. The van der Waals surface area contributed by atoms with Crippen LogP contribution in [0.25, 0.3) is 0 Å². The summed E-state index contributed by atoms with van der Waals surface area (Å²) in [6, 6.07) is 20.8. The summed E-state index contributed by atoms with van der Waals surface area (Å²) in [4.78, 5) is 25.7. The van der Waals surface area contributed by atoms with Gasteiger partial charge < -0.3 is 16.0 Å². The van der Waals surface area contributed by atoms with E-state index in [2.05, 4.69) is 10.6 Å². The van der Waals surface area contributed by atoms with E-state index >= 15 is 0 Å². The van der Waals surface area contributed by atoms with Crippen molar-refractivity contribution < 1.29 is 14.9 Å². The molecule has 3 rings (SSSR count). The van der Waals surface area contributed by atoms with E-state index in [1.165, 1.54) is 0 Å². The fourth-order valence-electron chi connectivity index (χ4n) is 3.70. The maximum atomic E-state index is 13.0. The van der Waals surface area contributed by atoms with Gasteiger partial charge in [-0.1, -0.05) is 65.7 Å². The summed E-state index contributed by atoms with van der Waals surface area (Å²) < 4.78 is 0. The molecular weight excluding hydrogens is 386 g/mol.